The lowest BCUT2D eigenvalue weighted by molar-refractivity contribution is 0.145. The van der Waals surface area contributed by atoms with Crippen molar-refractivity contribution in [3.05, 3.63) is 21.9 Å². The van der Waals surface area contributed by atoms with Crippen molar-refractivity contribution in [2.45, 2.75) is 11.8 Å². The van der Waals surface area contributed by atoms with Gasteiger partial charge in [-0.1, -0.05) is 15.9 Å². The van der Waals surface area contributed by atoms with Crippen LogP contribution in [-0.2, 0) is 5.33 Å². The van der Waals surface area contributed by atoms with Crippen LogP contribution in [0.4, 0.5) is 8.78 Å². The summed E-state index contributed by atoms with van der Waals surface area (Å²) in [6.07, 6.45) is -1.63. The summed E-state index contributed by atoms with van der Waals surface area (Å²) in [4.78, 5) is 3.42. The Morgan fingerprint density at radius 1 is 1.54 bits per heavy atom. The fourth-order valence-corrected chi connectivity index (χ4v) is 2.37. The van der Waals surface area contributed by atoms with Gasteiger partial charge >= 0.3 is 0 Å². The van der Waals surface area contributed by atoms with E-state index in [9.17, 15) is 13.9 Å². The van der Waals surface area contributed by atoms with E-state index in [1.54, 1.807) is 0 Å². The second-order valence-corrected chi connectivity index (χ2v) is 3.61. The molecule has 1 aromatic heterocycles. The summed E-state index contributed by atoms with van der Waals surface area (Å²) in [5, 5.41) is 9.52. The van der Waals surface area contributed by atoms with Gasteiger partial charge in [0.05, 0.1) is 10.7 Å². The topological polar surface area (TPSA) is 33.1 Å². The number of aromatic nitrogens is 1. The maximum atomic E-state index is 12.3. The molecule has 2 nitrogen and oxygen atoms in total. The molecule has 0 aromatic carbocycles. The zero-order valence-electron chi connectivity index (χ0n) is 6.27. The second-order valence-electron chi connectivity index (χ2n) is 2.26. The van der Waals surface area contributed by atoms with Gasteiger partial charge in [-0.25, -0.2) is 8.78 Å². The van der Waals surface area contributed by atoms with Crippen LogP contribution in [0.1, 0.15) is 17.7 Å². The van der Waals surface area contributed by atoms with Crippen LogP contribution in [0.3, 0.4) is 0 Å². The molecule has 13 heavy (non-hydrogen) atoms. The monoisotopic (exact) mass is 315 g/mol. The molecule has 1 rings (SSSR count). The molecule has 0 aliphatic carbocycles. The molecule has 0 unspecified atom stereocenters. The Hall–Kier alpha value is -0.230. The third-order valence-corrected chi connectivity index (χ3v) is 2.91. The molecule has 0 saturated heterocycles. The van der Waals surface area contributed by atoms with E-state index in [0.29, 0.717) is 10.9 Å². The quantitative estimate of drug-likeness (QED) is 0.848. The van der Waals surface area contributed by atoms with Gasteiger partial charge in [0, 0.05) is 10.9 Å². The maximum absolute atomic E-state index is 12.3. The third kappa shape index (κ3) is 2.17. The summed E-state index contributed by atoms with van der Waals surface area (Å²) >= 11 is 6.04. The van der Waals surface area contributed by atoms with Crippen LogP contribution in [0.2, 0.25) is 0 Å². The first-order valence-electron chi connectivity index (χ1n) is 3.28. The number of aromatic hydroxyl groups is 1. The number of alkyl halides is 3. The second kappa shape index (κ2) is 4.32. The highest BCUT2D eigenvalue weighted by Crippen LogP contribution is 2.33. The summed E-state index contributed by atoms with van der Waals surface area (Å²) in [7, 11) is 0. The molecule has 1 aromatic rings. The maximum Gasteiger partial charge on any atom is 0.281 e. The van der Waals surface area contributed by atoms with E-state index in [1.165, 1.54) is 0 Å². The Balaban J connectivity index is 3.27. The molecular weight excluding hydrogens is 312 g/mol. The average Bonchev–Trinajstić information content (AvgIpc) is 2.04. The van der Waals surface area contributed by atoms with Gasteiger partial charge in [-0.3, -0.25) is 4.98 Å². The normalized spacial score (nSPS) is 10.8. The number of halogens is 4. The summed E-state index contributed by atoms with van der Waals surface area (Å²) in [6.45, 7) is 0. The van der Waals surface area contributed by atoms with Gasteiger partial charge in [0.25, 0.3) is 6.43 Å². The van der Waals surface area contributed by atoms with E-state index in [1.807, 2.05) is 0 Å². The van der Waals surface area contributed by atoms with Gasteiger partial charge in [0.1, 0.15) is 11.4 Å². The number of rotatable bonds is 2. The molecule has 72 valence electrons. The van der Waals surface area contributed by atoms with Crippen molar-refractivity contribution in [3.8, 4) is 5.75 Å². The third-order valence-electron chi connectivity index (χ3n) is 1.47. The molecule has 0 amide bonds. The van der Waals surface area contributed by atoms with E-state index >= 15 is 0 Å². The minimum Gasteiger partial charge on any atom is -0.506 e. The Labute approximate surface area is 90.2 Å². The van der Waals surface area contributed by atoms with Crippen molar-refractivity contribution in [2.24, 2.45) is 0 Å². The Bertz CT molecular complexity index is 320. The standard InChI is InChI=1S/C7H5Br2F2NO/c8-1-3-4(13)2-12-6(5(3)9)7(10)11/h2,7,13H,1H2. The number of nitrogens with zero attached hydrogens (tertiary/aromatic N) is 1. The zero-order chi connectivity index (χ0) is 10.0. The summed E-state index contributed by atoms with van der Waals surface area (Å²) in [5.41, 5.74) is 0.0255. The van der Waals surface area contributed by atoms with Crippen LogP contribution in [-0.4, -0.2) is 10.1 Å². The minimum atomic E-state index is -2.65. The van der Waals surface area contributed by atoms with E-state index < -0.39 is 6.43 Å². The Kier molecular flexibility index (Phi) is 3.61. The van der Waals surface area contributed by atoms with E-state index in [2.05, 4.69) is 36.8 Å². The first-order valence-corrected chi connectivity index (χ1v) is 5.19. The van der Waals surface area contributed by atoms with Crippen LogP contribution < -0.4 is 0 Å². The SMILES string of the molecule is Oc1cnc(C(F)F)c(Br)c1CBr. The van der Waals surface area contributed by atoms with Crippen molar-refractivity contribution in [2.75, 3.05) is 0 Å². The van der Waals surface area contributed by atoms with Gasteiger partial charge in [-0.2, -0.15) is 0 Å². The number of hydrogen-bond acceptors (Lipinski definition) is 2. The molecular formula is C7H5Br2F2NO. The first kappa shape index (κ1) is 10.8. The smallest absolute Gasteiger partial charge is 0.281 e. The molecule has 0 aliphatic heterocycles. The fraction of sp³-hybridized carbons (Fsp3) is 0.286. The molecule has 1 N–H and O–H groups in total. The predicted octanol–water partition coefficient (Wildman–Crippen LogP) is 3.38. The lowest BCUT2D eigenvalue weighted by Crippen LogP contribution is -1.95. The lowest BCUT2D eigenvalue weighted by atomic mass is 10.2. The van der Waals surface area contributed by atoms with Gasteiger partial charge < -0.3 is 5.11 Å². The number of hydrogen-bond donors (Lipinski definition) is 1. The minimum absolute atomic E-state index is 0.104. The molecule has 0 fully saturated rings. The summed E-state index contributed by atoms with van der Waals surface area (Å²) in [6, 6.07) is 0. The van der Waals surface area contributed by atoms with Gasteiger partial charge in [0.2, 0.25) is 0 Å². The molecule has 0 atom stereocenters. The van der Waals surface area contributed by atoms with Gasteiger partial charge in [0.15, 0.2) is 0 Å². The molecule has 0 radical (unpaired) electrons. The summed E-state index contributed by atoms with van der Waals surface area (Å²) < 4.78 is 24.7. The van der Waals surface area contributed by atoms with Crippen LogP contribution in [0.15, 0.2) is 10.7 Å². The van der Waals surface area contributed by atoms with E-state index in [0.717, 1.165) is 6.20 Å². The van der Waals surface area contributed by atoms with Crippen LogP contribution in [0.5, 0.6) is 5.75 Å². The van der Waals surface area contributed by atoms with Crippen LogP contribution >= 0.6 is 31.9 Å². The van der Waals surface area contributed by atoms with Crippen molar-refractivity contribution in [1.29, 1.82) is 0 Å². The predicted molar refractivity (Wildman–Crippen MR) is 51.2 cm³/mol. The van der Waals surface area contributed by atoms with Crippen molar-refractivity contribution >= 4 is 31.9 Å². The van der Waals surface area contributed by atoms with Crippen LogP contribution in [0.25, 0.3) is 0 Å². The van der Waals surface area contributed by atoms with Gasteiger partial charge in [-0.15, -0.1) is 0 Å². The van der Waals surface area contributed by atoms with E-state index in [4.69, 9.17) is 0 Å². The van der Waals surface area contributed by atoms with E-state index in [-0.39, 0.29) is 15.9 Å². The zero-order valence-corrected chi connectivity index (χ0v) is 9.44. The number of pyridine rings is 1. The first-order chi connectivity index (χ1) is 6.07. The highest BCUT2D eigenvalue weighted by atomic mass is 79.9. The highest BCUT2D eigenvalue weighted by molar-refractivity contribution is 9.10. The molecule has 6 heteroatoms. The summed E-state index contributed by atoms with van der Waals surface area (Å²) in [5.74, 6) is -0.104. The van der Waals surface area contributed by atoms with Crippen molar-refractivity contribution in [3.63, 3.8) is 0 Å². The van der Waals surface area contributed by atoms with Crippen molar-refractivity contribution < 1.29 is 13.9 Å². The van der Waals surface area contributed by atoms with Gasteiger partial charge in [-0.05, 0) is 15.9 Å². The van der Waals surface area contributed by atoms with Crippen molar-refractivity contribution in [1.82, 2.24) is 4.98 Å². The Morgan fingerprint density at radius 2 is 2.15 bits per heavy atom. The van der Waals surface area contributed by atoms with Crippen LogP contribution in [0, 0.1) is 0 Å². The lowest BCUT2D eigenvalue weighted by Gasteiger charge is -2.07. The highest BCUT2D eigenvalue weighted by Gasteiger charge is 2.18. The average molecular weight is 317 g/mol. The molecule has 0 aliphatic rings. The molecule has 0 saturated carbocycles. The molecule has 0 bridgehead atoms. The largest absolute Gasteiger partial charge is 0.506 e. The molecule has 1 heterocycles. The Morgan fingerprint density at radius 3 is 2.62 bits per heavy atom. The molecule has 0 spiro atoms. The fourth-order valence-electron chi connectivity index (χ4n) is 0.812.